The molecule has 0 aliphatic carbocycles. The molecule has 30 heavy (non-hydrogen) atoms. The quantitative estimate of drug-likeness (QED) is 0.596. The number of aromatic nitrogens is 2. The first-order valence-corrected chi connectivity index (χ1v) is 9.74. The lowest BCUT2D eigenvalue weighted by Gasteiger charge is -2.16. The van der Waals surface area contributed by atoms with Gasteiger partial charge in [-0.25, -0.2) is 4.39 Å². The third kappa shape index (κ3) is 4.68. The molecule has 3 rings (SSSR count). The predicted octanol–water partition coefficient (Wildman–Crippen LogP) is 5.05. The Hall–Kier alpha value is -3.19. The molecular formula is C22H22ClFN4O2. The summed E-state index contributed by atoms with van der Waals surface area (Å²) in [5.41, 5.74) is 3.32. The number of amides is 2. The lowest BCUT2D eigenvalue weighted by molar-refractivity contribution is -0.119. The third-order valence-corrected chi connectivity index (χ3v) is 5.01. The van der Waals surface area contributed by atoms with Crippen LogP contribution in [-0.4, -0.2) is 21.6 Å². The molecule has 2 aromatic carbocycles. The predicted molar refractivity (Wildman–Crippen MR) is 116 cm³/mol. The number of rotatable bonds is 5. The molecule has 3 aromatic rings. The molecule has 2 N–H and O–H groups in total. The van der Waals surface area contributed by atoms with Gasteiger partial charge in [-0.1, -0.05) is 11.6 Å². The highest BCUT2D eigenvalue weighted by atomic mass is 35.5. The van der Waals surface area contributed by atoms with Crippen molar-refractivity contribution in [2.75, 3.05) is 10.6 Å². The number of aryl methyl sites for hydroxylation is 3. The average molecular weight is 429 g/mol. The van der Waals surface area contributed by atoms with Gasteiger partial charge in [0.1, 0.15) is 11.9 Å². The van der Waals surface area contributed by atoms with Gasteiger partial charge in [0.05, 0.1) is 16.4 Å². The fourth-order valence-corrected chi connectivity index (χ4v) is 3.30. The van der Waals surface area contributed by atoms with Gasteiger partial charge in [0.15, 0.2) is 0 Å². The van der Waals surface area contributed by atoms with Gasteiger partial charge in [-0.15, -0.1) is 0 Å². The van der Waals surface area contributed by atoms with Crippen LogP contribution in [0.25, 0.3) is 0 Å². The average Bonchev–Trinajstić information content (AvgIpc) is 3.03. The maximum Gasteiger partial charge on any atom is 0.255 e. The summed E-state index contributed by atoms with van der Waals surface area (Å²) in [7, 11) is 0. The Kier molecular flexibility index (Phi) is 6.22. The van der Waals surface area contributed by atoms with Crippen LogP contribution < -0.4 is 10.6 Å². The van der Waals surface area contributed by atoms with E-state index < -0.39 is 6.04 Å². The van der Waals surface area contributed by atoms with Crippen molar-refractivity contribution < 1.29 is 14.0 Å². The third-order valence-electron chi connectivity index (χ3n) is 4.70. The van der Waals surface area contributed by atoms with Gasteiger partial charge in [-0.3, -0.25) is 14.3 Å². The van der Waals surface area contributed by atoms with Crippen molar-refractivity contribution in [1.29, 1.82) is 0 Å². The van der Waals surface area contributed by atoms with Crippen LogP contribution in [0, 0.1) is 26.6 Å². The van der Waals surface area contributed by atoms with Crippen molar-refractivity contribution >= 4 is 34.8 Å². The van der Waals surface area contributed by atoms with Gasteiger partial charge in [-0.2, -0.15) is 5.10 Å². The van der Waals surface area contributed by atoms with Gasteiger partial charge in [0.25, 0.3) is 5.91 Å². The maximum absolute atomic E-state index is 13.4. The molecule has 0 spiro atoms. The second kappa shape index (κ2) is 8.67. The molecule has 6 nitrogen and oxygen atoms in total. The molecule has 0 aliphatic heterocycles. The van der Waals surface area contributed by atoms with Gasteiger partial charge < -0.3 is 10.6 Å². The van der Waals surface area contributed by atoms with Gasteiger partial charge in [0.2, 0.25) is 5.91 Å². The van der Waals surface area contributed by atoms with Crippen LogP contribution in [0.1, 0.15) is 40.3 Å². The van der Waals surface area contributed by atoms with Crippen molar-refractivity contribution in [3.05, 3.63) is 75.8 Å². The largest absolute Gasteiger partial charge is 0.323 e. The number of carbonyl (C=O) groups is 2. The number of hydrogen-bond acceptors (Lipinski definition) is 3. The number of carbonyl (C=O) groups excluding carboxylic acids is 2. The molecule has 156 valence electrons. The Balaban J connectivity index is 1.70. The molecule has 8 heteroatoms. The maximum atomic E-state index is 13.4. The molecule has 1 atom stereocenters. The molecule has 0 saturated carbocycles. The van der Waals surface area contributed by atoms with Crippen LogP contribution in [-0.2, 0) is 4.79 Å². The Morgan fingerprint density at radius 3 is 2.40 bits per heavy atom. The van der Waals surface area contributed by atoms with Gasteiger partial charge in [-0.05, 0) is 75.7 Å². The summed E-state index contributed by atoms with van der Waals surface area (Å²) in [6.45, 7) is 7.09. The number of hydrogen-bond donors (Lipinski definition) is 2. The monoisotopic (exact) mass is 428 g/mol. The molecule has 0 saturated heterocycles. The second-order valence-electron chi connectivity index (χ2n) is 7.15. The normalized spacial score (nSPS) is 11.8. The topological polar surface area (TPSA) is 76.0 Å². The van der Waals surface area contributed by atoms with Crippen LogP contribution >= 0.6 is 11.6 Å². The first kappa shape index (κ1) is 21.5. The van der Waals surface area contributed by atoms with Crippen molar-refractivity contribution in [2.24, 2.45) is 0 Å². The van der Waals surface area contributed by atoms with Crippen LogP contribution in [0.2, 0.25) is 5.02 Å². The zero-order chi connectivity index (χ0) is 22.0. The van der Waals surface area contributed by atoms with E-state index in [1.165, 1.54) is 18.2 Å². The smallest absolute Gasteiger partial charge is 0.255 e. The van der Waals surface area contributed by atoms with E-state index in [0.717, 1.165) is 11.4 Å². The minimum atomic E-state index is -0.518. The Labute approximate surface area is 179 Å². The lowest BCUT2D eigenvalue weighted by atomic mass is 10.1. The zero-order valence-electron chi connectivity index (χ0n) is 17.1. The number of halogens is 2. The molecule has 0 fully saturated rings. The summed E-state index contributed by atoms with van der Waals surface area (Å²) in [6.07, 6.45) is 0. The molecule has 0 bridgehead atoms. The summed E-state index contributed by atoms with van der Waals surface area (Å²) in [6, 6.07) is 10.3. The van der Waals surface area contributed by atoms with E-state index in [9.17, 15) is 14.0 Å². The molecule has 1 unspecified atom stereocenters. The molecule has 0 aliphatic rings. The summed E-state index contributed by atoms with van der Waals surface area (Å²) < 4.78 is 15.0. The fraction of sp³-hybridized carbons (Fsp3) is 0.227. The number of anilines is 2. The summed E-state index contributed by atoms with van der Waals surface area (Å²) in [5.74, 6) is -1.02. The SMILES string of the molecule is Cc1cc(C)n(C(C)C(=O)Nc2ccc(NC(=O)c3ccc(F)c(C)c3)cc2Cl)n1. The van der Waals surface area contributed by atoms with Crippen molar-refractivity contribution in [1.82, 2.24) is 9.78 Å². The van der Waals surface area contributed by atoms with Crippen LogP contribution in [0.15, 0.2) is 42.5 Å². The molecule has 1 aromatic heterocycles. The standard InChI is InChI=1S/C22H22ClFN4O2/c1-12-9-16(5-7-19(12)24)22(30)25-17-6-8-20(18(23)11-17)26-21(29)15(4)28-14(3)10-13(2)27-28/h5-11,15H,1-4H3,(H,25,30)(H,26,29). The van der Waals surface area contributed by atoms with E-state index in [2.05, 4.69) is 15.7 Å². The molecule has 2 amide bonds. The Morgan fingerprint density at radius 2 is 1.80 bits per heavy atom. The summed E-state index contributed by atoms with van der Waals surface area (Å²) >= 11 is 6.30. The van der Waals surface area contributed by atoms with Gasteiger partial charge in [0, 0.05) is 16.9 Å². The Morgan fingerprint density at radius 1 is 1.07 bits per heavy atom. The summed E-state index contributed by atoms with van der Waals surface area (Å²) in [4.78, 5) is 25.0. The first-order chi connectivity index (χ1) is 14.2. The lowest BCUT2D eigenvalue weighted by Crippen LogP contribution is -2.25. The number of nitrogens with zero attached hydrogens (tertiary/aromatic N) is 2. The van der Waals surface area contributed by atoms with Crippen molar-refractivity contribution in [2.45, 2.75) is 33.7 Å². The van der Waals surface area contributed by atoms with E-state index in [1.54, 1.807) is 36.7 Å². The highest BCUT2D eigenvalue weighted by Crippen LogP contribution is 2.27. The molecule has 0 radical (unpaired) electrons. The fourth-order valence-electron chi connectivity index (χ4n) is 3.07. The highest BCUT2D eigenvalue weighted by Gasteiger charge is 2.19. The van der Waals surface area contributed by atoms with Gasteiger partial charge >= 0.3 is 0 Å². The minimum Gasteiger partial charge on any atom is -0.323 e. The van der Waals surface area contributed by atoms with E-state index in [1.807, 2.05) is 19.9 Å². The Bertz CT molecular complexity index is 1130. The highest BCUT2D eigenvalue weighted by molar-refractivity contribution is 6.34. The summed E-state index contributed by atoms with van der Waals surface area (Å²) in [5, 5.41) is 10.1. The van der Waals surface area contributed by atoms with E-state index in [-0.39, 0.29) is 22.7 Å². The zero-order valence-corrected chi connectivity index (χ0v) is 17.8. The minimum absolute atomic E-state index is 0.262. The van der Waals surface area contributed by atoms with E-state index >= 15 is 0 Å². The first-order valence-electron chi connectivity index (χ1n) is 9.36. The van der Waals surface area contributed by atoms with Crippen LogP contribution in [0.3, 0.4) is 0 Å². The van der Waals surface area contributed by atoms with Crippen molar-refractivity contribution in [3.63, 3.8) is 0 Å². The van der Waals surface area contributed by atoms with Crippen LogP contribution in [0.5, 0.6) is 0 Å². The molecule has 1 heterocycles. The number of nitrogens with one attached hydrogen (secondary N) is 2. The second-order valence-corrected chi connectivity index (χ2v) is 7.56. The van der Waals surface area contributed by atoms with Crippen molar-refractivity contribution in [3.8, 4) is 0 Å². The number of benzene rings is 2. The molecular weight excluding hydrogens is 407 g/mol. The van der Waals surface area contributed by atoms with Crippen LogP contribution in [0.4, 0.5) is 15.8 Å². The van der Waals surface area contributed by atoms with E-state index in [0.29, 0.717) is 22.5 Å². The van der Waals surface area contributed by atoms with E-state index in [4.69, 9.17) is 11.6 Å².